The highest BCUT2D eigenvalue weighted by Crippen LogP contribution is 2.11. The van der Waals surface area contributed by atoms with Gasteiger partial charge in [-0.3, -0.25) is 9.78 Å². The van der Waals surface area contributed by atoms with Crippen LogP contribution in [0, 0.1) is 17.7 Å². The molecule has 0 fully saturated rings. The highest BCUT2D eigenvalue weighted by molar-refractivity contribution is 6.04. The number of hydrogen-bond acceptors (Lipinski definition) is 3. The molecule has 0 spiro atoms. The molecule has 0 aliphatic carbocycles. The molecule has 4 nitrogen and oxygen atoms in total. The van der Waals surface area contributed by atoms with Crippen LogP contribution in [0.15, 0.2) is 42.7 Å². The van der Waals surface area contributed by atoms with E-state index in [0.717, 1.165) is 0 Å². The number of halogens is 1. The van der Waals surface area contributed by atoms with Crippen LogP contribution in [0.4, 0.5) is 10.1 Å². The van der Waals surface area contributed by atoms with E-state index in [1.165, 1.54) is 30.6 Å². The van der Waals surface area contributed by atoms with Crippen molar-refractivity contribution in [2.24, 2.45) is 0 Å². The number of pyridine rings is 1. The number of anilines is 1. The van der Waals surface area contributed by atoms with E-state index in [-0.39, 0.29) is 12.5 Å². The maximum atomic E-state index is 13.1. The van der Waals surface area contributed by atoms with Crippen molar-refractivity contribution in [1.29, 1.82) is 0 Å². The lowest BCUT2D eigenvalue weighted by atomic mass is 10.2. The van der Waals surface area contributed by atoms with Crippen LogP contribution in [0.1, 0.15) is 22.3 Å². The van der Waals surface area contributed by atoms with Gasteiger partial charge < -0.3 is 10.4 Å². The standard InChI is InChI=1S/C16H13FN2O2/c17-14-5-3-6-15(9-14)19-16(21)13-8-12(10-18-11-13)4-1-2-7-20/h3,5-6,8-11,20H,2,7H2,(H,19,21). The molecule has 2 N–H and O–H groups in total. The predicted molar refractivity (Wildman–Crippen MR) is 77.2 cm³/mol. The molecular formula is C16H13FN2O2. The number of amides is 1. The average molecular weight is 284 g/mol. The van der Waals surface area contributed by atoms with Crippen molar-refractivity contribution >= 4 is 11.6 Å². The molecule has 5 heteroatoms. The molecule has 0 bridgehead atoms. The quantitative estimate of drug-likeness (QED) is 0.849. The molecule has 1 aromatic heterocycles. The third kappa shape index (κ3) is 4.41. The van der Waals surface area contributed by atoms with Gasteiger partial charge in [0.1, 0.15) is 5.82 Å². The van der Waals surface area contributed by atoms with Crippen molar-refractivity contribution in [1.82, 2.24) is 4.98 Å². The van der Waals surface area contributed by atoms with Crippen LogP contribution in [-0.4, -0.2) is 22.6 Å². The minimum atomic E-state index is -0.422. The van der Waals surface area contributed by atoms with Gasteiger partial charge in [0.15, 0.2) is 0 Å². The van der Waals surface area contributed by atoms with E-state index in [1.54, 1.807) is 12.1 Å². The maximum absolute atomic E-state index is 13.1. The smallest absolute Gasteiger partial charge is 0.257 e. The van der Waals surface area contributed by atoms with Crippen LogP contribution in [0.2, 0.25) is 0 Å². The van der Waals surface area contributed by atoms with Crippen LogP contribution >= 0.6 is 0 Å². The summed E-state index contributed by atoms with van der Waals surface area (Å²) in [6, 6.07) is 7.23. The third-order valence-electron chi connectivity index (χ3n) is 2.55. The van der Waals surface area contributed by atoms with E-state index in [4.69, 9.17) is 5.11 Å². The molecule has 2 aromatic rings. The van der Waals surface area contributed by atoms with Crippen LogP contribution < -0.4 is 5.32 Å². The first-order valence-corrected chi connectivity index (χ1v) is 6.31. The van der Waals surface area contributed by atoms with Gasteiger partial charge in [0, 0.05) is 30.1 Å². The predicted octanol–water partition coefficient (Wildman–Crippen LogP) is 2.21. The van der Waals surface area contributed by atoms with Crippen LogP contribution in [0.3, 0.4) is 0 Å². The highest BCUT2D eigenvalue weighted by atomic mass is 19.1. The van der Waals surface area contributed by atoms with Gasteiger partial charge in [0.2, 0.25) is 0 Å². The van der Waals surface area contributed by atoms with Gasteiger partial charge in [-0.1, -0.05) is 17.9 Å². The van der Waals surface area contributed by atoms with Gasteiger partial charge in [-0.05, 0) is 24.3 Å². The average Bonchev–Trinajstić information content (AvgIpc) is 2.48. The van der Waals surface area contributed by atoms with Gasteiger partial charge in [0.05, 0.1) is 12.2 Å². The largest absolute Gasteiger partial charge is 0.395 e. The molecule has 21 heavy (non-hydrogen) atoms. The summed E-state index contributed by atoms with van der Waals surface area (Å²) in [6.45, 7) is -0.0137. The summed E-state index contributed by atoms with van der Waals surface area (Å²) in [4.78, 5) is 16.0. The van der Waals surface area contributed by atoms with E-state index in [2.05, 4.69) is 22.1 Å². The van der Waals surface area contributed by atoms with E-state index in [0.29, 0.717) is 23.2 Å². The fraction of sp³-hybridized carbons (Fsp3) is 0.125. The number of aromatic nitrogens is 1. The summed E-state index contributed by atoms with van der Waals surface area (Å²) in [7, 11) is 0. The van der Waals surface area contributed by atoms with Crippen molar-refractivity contribution in [3.63, 3.8) is 0 Å². The molecule has 0 aliphatic rings. The number of aliphatic hydroxyl groups excluding tert-OH is 1. The van der Waals surface area contributed by atoms with Crippen molar-refractivity contribution in [3.05, 3.63) is 59.7 Å². The molecule has 0 radical (unpaired) electrons. The topological polar surface area (TPSA) is 62.2 Å². The number of benzene rings is 1. The van der Waals surface area contributed by atoms with E-state index >= 15 is 0 Å². The zero-order valence-corrected chi connectivity index (χ0v) is 11.1. The van der Waals surface area contributed by atoms with E-state index < -0.39 is 5.82 Å². The molecule has 1 aromatic carbocycles. The van der Waals surface area contributed by atoms with Crippen LogP contribution in [-0.2, 0) is 0 Å². The summed E-state index contributed by atoms with van der Waals surface area (Å²) in [5, 5.41) is 11.2. The molecule has 1 heterocycles. The lowest BCUT2D eigenvalue weighted by Crippen LogP contribution is -2.12. The minimum Gasteiger partial charge on any atom is -0.395 e. The van der Waals surface area contributed by atoms with Crippen molar-refractivity contribution in [2.45, 2.75) is 6.42 Å². The number of aliphatic hydroxyl groups is 1. The lowest BCUT2D eigenvalue weighted by molar-refractivity contribution is 0.102. The lowest BCUT2D eigenvalue weighted by Gasteiger charge is -2.05. The first-order chi connectivity index (χ1) is 10.2. The minimum absolute atomic E-state index is 0.0137. The Balaban J connectivity index is 2.13. The molecule has 0 saturated heterocycles. The number of carbonyl (C=O) groups is 1. The van der Waals surface area contributed by atoms with E-state index in [9.17, 15) is 9.18 Å². The molecule has 0 saturated carbocycles. The second-order valence-electron chi connectivity index (χ2n) is 4.20. The first-order valence-electron chi connectivity index (χ1n) is 6.31. The molecule has 2 rings (SSSR count). The number of hydrogen-bond donors (Lipinski definition) is 2. The Morgan fingerprint density at radius 3 is 2.95 bits per heavy atom. The van der Waals surface area contributed by atoms with Gasteiger partial charge in [-0.2, -0.15) is 0 Å². The Kier molecular flexibility index (Phi) is 5.02. The van der Waals surface area contributed by atoms with Crippen molar-refractivity contribution in [3.8, 4) is 11.8 Å². The molecule has 106 valence electrons. The monoisotopic (exact) mass is 284 g/mol. The van der Waals surface area contributed by atoms with Crippen molar-refractivity contribution < 1.29 is 14.3 Å². The van der Waals surface area contributed by atoms with Gasteiger partial charge in [0.25, 0.3) is 5.91 Å². The molecule has 1 amide bonds. The second kappa shape index (κ2) is 7.17. The Morgan fingerprint density at radius 2 is 2.19 bits per heavy atom. The SMILES string of the molecule is O=C(Nc1cccc(F)c1)c1cncc(C#CCCO)c1. The first kappa shape index (κ1) is 14.7. The van der Waals surface area contributed by atoms with Crippen LogP contribution in [0.5, 0.6) is 0 Å². The van der Waals surface area contributed by atoms with Gasteiger partial charge in [-0.15, -0.1) is 0 Å². The Bertz CT molecular complexity index is 705. The normalized spacial score (nSPS) is 9.62. The van der Waals surface area contributed by atoms with Gasteiger partial charge in [-0.25, -0.2) is 4.39 Å². The Morgan fingerprint density at radius 1 is 1.33 bits per heavy atom. The number of nitrogens with zero attached hydrogens (tertiary/aromatic N) is 1. The summed E-state index contributed by atoms with van der Waals surface area (Å²) in [5.41, 5.74) is 1.28. The number of nitrogens with one attached hydrogen (secondary N) is 1. The summed E-state index contributed by atoms with van der Waals surface area (Å²) in [6.07, 6.45) is 3.30. The zero-order valence-electron chi connectivity index (χ0n) is 11.1. The molecule has 0 aliphatic heterocycles. The number of rotatable bonds is 3. The summed E-state index contributed by atoms with van der Waals surface area (Å²) < 4.78 is 13.1. The van der Waals surface area contributed by atoms with Crippen molar-refractivity contribution in [2.75, 3.05) is 11.9 Å². The summed E-state index contributed by atoms with van der Waals surface area (Å²) in [5.74, 6) is 4.74. The second-order valence-corrected chi connectivity index (χ2v) is 4.20. The highest BCUT2D eigenvalue weighted by Gasteiger charge is 2.07. The molecular weight excluding hydrogens is 271 g/mol. The Hall–Kier alpha value is -2.71. The third-order valence-corrected chi connectivity index (χ3v) is 2.55. The van der Waals surface area contributed by atoms with Crippen LogP contribution in [0.25, 0.3) is 0 Å². The van der Waals surface area contributed by atoms with Gasteiger partial charge >= 0.3 is 0 Å². The summed E-state index contributed by atoms with van der Waals surface area (Å²) >= 11 is 0. The fourth-order valence-corrected chi connectivity index (χ4v) is 1.62. The fourth-order valence-electron chi connectivity index (χ4n) is 1.62. The zero-order chi connectivity index (χ0) is 15.1. The molecule has 0 atom stereocenters. The maximum Gasteiger partial charge on any atom is 0.257 e. The Labute approximate surface area is 121 Å². The molecule has 0 unspecified atom stereocenters. The number of carbonyl (C=O) groups excluding carboxylic acids is 1. The van der Waals surface area contributed by atoms with E-state index in [1.807, 2.05) is 0 Å².